The highest BCUT2D eigenvalue weighted by atomic mass is 35.5. The van der Waals surface area contributed by atoms with Crippen LogP contribution in [-0.2, 0) is 20.6 Å². The molecule has 2 saturated heterocycles. The number of aromatic nitrogens is 3. The number of likely N-dealkylation sites (tertiary alicyclic amines) is 1. The zero-order valence-corrected chi connectivity index (χ0v) is 22.1. The van der Waals surface area contributed by atoms with E-state index in [1.54, 1.807) is 7.05 Å². The summed E-state index contributed by atoms with van der Waals surface area (Å²) in [6, 6.07) is 7.43. The minimum absolute atomic E-state index is 0. The molecule has 2 aromatic heterocycles. The van der Waals surface area contributed by atoms with Crippen molar-refractivity contribution in [3.05, 3.63) is 61.3 Å². The van der Waals surface area contributed by atoms with Crippen LogP contribution in [0.3, 0.4) is 0 Å². The van der Waals surface area contributed by atoms with Crippen molar-refractivity contribution in [1.82, 2.24) is 18.6 Å². The number of amides is 1. The normalized spacial score (nSPS) is 18.1. The molecule has 9 nitrogen and oxygen atoms in total. The van der Waals surface area contributed by atoms with Gasteiger partial charge in [0.15, 0.2) is 0 Å². The van der Waals surface area contributed by atoms with Crippen LogP contribution in [0.1, 0.15) is 41.6 Å². The SMILES string of the molecule is Cl.Cn1c(=O)c2c(c(C(=O)N3CCCC3)c(N3CCC[C@@H](N)C3)n2Cc2ccccc2Cl)n(C)c1=O. The Morgan fingerprint density at radius 2 is 1.72 bits per heavy atom. The van der Waals surface area contributed by atoms with Crippen molar-refractivity contribution >= 4 is 46.8 Å². The van der Waals surface area contributed by atoms with Gasteiger partial charge in [-0.05, 0) is 37.3 Å². The molecule has 2 aliphatic heterocycles. The number of fused-ring (bicyclic) bond motifs is 1. The number of halogens is 2. The van der Waals surface area contributed by atoms with Crippen LogP contribution in [0.15, 0.2) is 33.9 Å². The van der Waals surface area contributed by atoms with Crippen molar-refractivity contribution in [2.45, 2.75) is 38.3 Å². The lowest BCUT2D eigenvalue weighted by molar-refractivity contribution is 0.0794. The number of anilines is 1. The fourth-order valence-electron chi connectivity index (χ4n) is 5.46. The standard InChI is InChI=1S/C25H31ClN6O3.ClH/c1-28-20-19(23(33)30-11-5-6-12-30)22(31-13-7-9-17(27)15-31)32(14-16-8-3-4-10-18(16)26)21(20)24(34)29(2)25(28)35;/h3-4,8,10,17H,5-7,9,11-15,27H2,1-2H3;1H/t17-;/m1./s1. The van der Waals surface area contributed by atoms with E-state index in [9.17, 15) is 14.4 Å². The molecule has 0 spiro atoms. The Kier molecular flexibility index (Phi) is 7.54. The zero-order valence-electron chi connectivity index (χ0n) is 20.6. The summed E-state index contributed by atoms with van der Waals surface area (Å²) in [5.74, 6) is 0.494. The van der Waals surface area contributed by atoms with Gasteiger partial charge in [0.05, 0.1) is 12.1 Å². The predicted octanol–water partition coefficient (Wildman–Crippen LogP) is 2.33. The fourth-order valence-corrected chi connectivity index (χ4v) is 5.66. The molecule has 0 radical (unpaired) electrons. The van der Waals surface area contributed by atoms with E-state index in [1.165, 1.54) is 11.6 Å². The number of hydrogen-bond acceptors (Lipinski definition) is 5. The van der Waals surface area contributed by atoms with Crippen LogP contribution in [0.5, 0.6) is 0 Å². The van der Waals surface area contributed by atoms with E-state index in [-0.39, 0.29) is 30.9 Å². The van der Waals surface area contributed by atoms with Crippen LogP contribution in [0.2, 0.25) is 5.02 Å². The topological polar surface area (TPSA) is 98.5 Å². The van der Waals surface area contributed by atoms with Gasteiger partial charge < -0.3 is 20.1 Å². The number of hydrogen-bond donors (Lipinski definition) is 1. The van der Waals surface area contributed by atoms with Gasteiger partial charge in [-0.15, -0.1) is 12.4 Å². The quantitative estimate of drug-likeness (QED) is 0.553. The van der Waals surface area contributed by atoms with E-state index in [2.05, 4.69) is 4.90 Å². The van der Waals surface area contributed by atoms with Crippen molar-refractivity contribution < 1.29 is 4.79 Å². The third-order valence-corrected chi connectivity index (χ3v) is 7.65. The fraction of sp³-hybridized carbons (Fsp3) is 0.480. The largest absolute Gasteiger partial charge is 0.356 e. The van der Waals surface area contributed by atoms with E-state index in [0.717, 1.165) is 35.8 Å². The first-order valence-electron chi connectivity index (χ1n) is 12.1. The Labute approximate surface area is 220 Å². The van der Waals surface area contributed by atoms with E-state index >= 15 is 0 Å². The second-order valence-corrected chi connectivity index (χ2v) is 10.0. The Bertz CT molecular complexity index is 1420. The Morgan fingerprint density at radius 3 is 2.39 bits per heavy atom. The number of carbonyl (C=O) groups is 1. The number of nitrogens with zero attached hydrogens (tertiary/aromatic N) is 5. The highest BCUT2D eigenvalue weighted by Crippen LogP contribution is 2.35. The predicted molar refractivity (Wildman–Crippen MR) is 145 cm³/mol. The average Bonchev–Trinajstić information content (AvgIpc) is 3.49. The monoisotopic (exact) mass is 534 g/mol. The third-order valence-electron chi connectivity index (χ3n) is 7.28. The van der Waals surface area contributed by atoms with Crippen LogP contribution in [-0.4, -0.2) is 56.7 Å². The minimum atomic E-state index is -0.463. The first-order valence-corrected chi connectivity index (χ1v) is 12.5. The van der Waals surface area contributed by atoms with Gasteiger partial charge in [0, 0.05) is 51.3 Å². The van der Waals surface area contributed by atoms with Crippen molar-refractivity contribution in [3.63, 3.8) is 0 Å². The Balaban J connectivity index is 0.00000304. The highest BCUT2D eigenvalue weighted by Gasteiger charge is 2.35. The molecule has 2 N–H and O–H groups in total. The van der Waals surface area contributed by atoms with Crippen molar-refractivity contribution in [2.24, 2.45) is 19.8 Å². The van der Waals surface area contributed by atoms with Gasteiger partial charge >= 0.3 is 5.69 Å². The van der Waals surface area contributed by atoms with Crippen LogP contribution < -0.4 is 21.9 Å². The maximum absolute atomic E-state index is 14.0. The molecule has 1 amide bonds. The Hall–Kier alpha value is -2.75. The lowest BCUT2D eigenvalue weighted by Crippen LogP contribution is -2.44. The number of rotatable bonds is 4. The van der Waals surface area contributed by atoms with E-state index in [4.69, 9.17) is 17.3 Å². The lowest BCUT2D eigenvalue weighted by Gasteiger charge is -2.34. The molecule has 36 heavy (non-hydrogen) atoms. The smallest absolute Gasteiger partial charge is 0.331 e. The molecule has 1 atom stereocenters. The molecule has 2 aliphatic rings. The van der Waals surface area contributed by atoms with E-state index in [0.29, 0.717) is 53.6 Å². The van der Waals surface area contributed by atoms with Crippen LogP contribution in [0.4, 0.5) is 5.82 Å². The average molecular weight is 535 g/mol. The Morgan fingerprint density at radius 1 is 1.03 bits per heavy atom. The molecule has 2 fully saturated rings. The van der Waals surface area contributed by atoms with Gasteiger partial charge in [-0.1, -0.05) is 29.8 Å². The van der Waals surface area contributed by atoms with Gasteiger partial charge in [-0.3, -0.25) is 18.7 Å². The van der Waals surface area contributed by atoms with Crippen LogP contribution in [0.25, 0.3) is 11.0 Å². The third kappa shape index (κ3) is 4.33. The molecule has 5 rings (SSSR count). The number of carbonyl (C=O) groups excluding carboxylic acids is 1. The molecule has 1 aromatic carbocycles. The molecule has 4 heterocycles. The van der Waals surface area contributed by atoms with Crippen molar-refractivity contribution in [2.75, 3.05) is 31.1 Å². The number of aryl methyl sites for hydroxylation is 1. The summed E-state index contributed by atoms with van der Waals surface area (Å²) in [5, 5.41) is 0.574. The summed E-state index contributed by atoms with van der Waals surface area (Å²) in [7, 11) is 3.09. The van der Waals surface area contributed by atoms with E-state index in [1.807, 2.05) is 33.7 Å². The highest BCUT2D eigenvalue weighted by molar-refractivity contribution is 6.31. The maximum atomic E-state index is 14.0. The summed E-state index contributed by atoms with van der Waals surface area (Å²) >= 11 is 6.53. The van der Waals surface area contributed by atoms with Crippen LogP contribution >= 0.6 is 24.0 Å². The number of benzene rings is 1. The summed E-state index contributed by atoms with van der Waals surface area (Å²) in [6.45, 7) is 2.88. The summed E-state index contributed by atoms with van der Waals surface area (Å²) in [5.41, 5.74) is 7.38. The van der Waals surface area contributed by atoms with Crippen molar-refractivity contribution in [1.29, 1.82) is 0 Å². The second kappa shape index (κ2) is 10.3. The molecule has 0 aliphatic carbocycles. The zero-order chi connectivity index (χ0) is 24.9. The summed E-state index contributed by atoms with van der Waals surface area (Å²) < 4.78 is 4.40. The molecular formula is C25H32Cl2N6O3. The molecular weight excluding hydrogens is 503 g/mol. The maximum Gasteiger partial charge on any atom is 0.331 e. The van der Waals surface area contributed by atoms with Gasteiger partial charge in [0.1, 0.15) is 16.9 Å². The first kappa shape index (κ1) is 26.3. The van der Waals surface area contributed by atoms with Gasteiger partial charge in [-0.2, -0.15) is 0 Å². The summed E-state index contributed by atoms with van der Waals surface area (Å²) in [6.07, 6.45) is 3.66. The van der Waals surface area contributed by atoms with Crippen molar-refractivity contribution in [3.8, 4) is 0 Å². The molecule has 0 unspecified atom stereocenters. The van der Waals surface area contributed by atoms with Crippen LogP contribution in [0, 0.1) is 0 Å². The molecule has 11 heteroatoms. The number of piperidine rings is 1. The second-order valence-electron chi connectivity index (χ2n) is 9.63. The van der Waals surface area contributed by atoms with E-state index < -0.39 is 11.2 Å². The molecule has 3 aromatic rings. The lowest BCUT2D eigenvalue weighted by atomic mass is 10.1. The van der Waals surface area contributed by atoms with Gasteiger partial charge in [0.2, 0.25) is 0 Å². The molecule has 0 bridgehead atoms. The van der Waals surface area contributed by atoms with Gasteiger partial charge in [-0.25, -0.2) is 4.79 Å². The first-order chi connectivity index (χ1) is 16.8. The number of nitrogens with two attached hydrogens (primary N) is 1. The molecule has 0 saturated carbocycles. The van der Waals surface area contributed by atoms with Gasteiger partial charge in [0.25, 0.3) is 11.5 Å². The minimum Gasteiger partial charge on any atom is -0.356 e. The summed E-state index contributed by atoms with van der Waals surface area (Å²) in [4.78, 5) is 44.5. The molecule has 194 valence electrons.